The molecule has 6 N–H and O–H groups in total. The number of likely N-dealkylation sites (tertiary alicyclic amines) is 2. The van der Waals surface area contributed by atoms with E-state index in [1.54, 1.807) is 71.8 Å². The molecule has 10 unspecified atom stereocenters. The normalized spacial score (nSPS) is 18.6. The fourth-order valence-electron chi connectivity index (χ4n) is 11.9. The largest absolute Gasteiger partial charge is 0.481 e. The average molecular weight is 1310 g/mol. The zero-order chi connectivity index (χ0) is 67.9. The van der Waals surface area contributed by atoms with Crippen molar-refractivity contribution in [3.63, 3.8) is 0 Å². The monoisotopic (exact) mass is 1310 g/mol. The van der Waals surface area contributed by atoms with Gasteiger partial charge in [0.1, 0.15) is 18.1 Å². The summed E-state index contributed by atoms with van der Waals surface area (Å²) in [6, 6.07) is 2.30. The van der Waals surface area contributed by atoms with Gasteiger partial charge in [-0.3, -0.25) is 52.8 Å². The number of nitrogens with zero attached hydrogens (tertiary/aromatic N) is 4. The Labute approximate surface area is 539 Å². The number of nitrogens with one attached hydrogen (secondary N) is 5. The Bertz CT molecular complexity index is 2650. The molecular formula is C64H107N9O17S. The maximum atomic E-state index is 14.8. The van der Waals surface area contributed by atoms with E-state index in [0.29, 0.717) is 70.3 Å². The third-order valence-electron chi connectivity index (χ3n) is 17.5. The van der Waals surface area contributed by atoms with Crippen LogP contribution in [0.15, 0.2) is 24.3 Å². The van der Waals surface area contributed by atoms with Crippen molar-refractivity contribution >= 4 is 68.9 Å². The van der Waals surface area contributed by atoms with Gasteiger partial charge in [-0.25, -0.2) is 8.42 Å². The minimum absolute atomic E-state index is 0.0194. The van der Waals surface area contributed by atoms with E-state index in [1.807, 2.05) is 55.4 Å². The Kier molecular flexibility index (Phi) is 32.2. The molecule has 516 valence electrons. The lowest BCUT2D eigenvalue weighted by atomic mass is 9.89. The Morgan fingerprint density at radius 3 is 1.88 bits per heavy atom. The van der Waals surface area contributed by atoms with Gasteiger partial charge in [0.05, 0.1) is 100 Å². The fraction of sp³-hybridized carbons (Fsp3) is 0.766. The standard InChI is InChI=1S/C64H107N9O17S/c1-15-42(8)57(51(86-13)36-54(76)73-28-16-17-50(73)58(87-14)43(9)59(77)67-49(35-39(2)3)61(79)69-91(84,85)48-22-23-48)71(12)63(81)55(40(4)5)68-62(80)56(41(6)7)70(11)38-90-37-45-18-20-47(21-19-45)66-60(78)44(10)65-52(74)26-31-88-33-34-89-32-27-53(75)72-29-24-46(25-30-72)64(82)83/h18-21,39-44,46,48-51,55-58H,15-17,22-38H2,1-14H3,(H,65,74)(H,66,78)(H,67,77)(H,68,80)(H,69,79)(H,82,83). The molecule has 1 saturated carbocycles. The molecule has 27 heteroatoms. The number of aliphatic carboxylic acids is 1. The zero-order valence-corrected chi connectivity index (χ0v) is 57.1. The second kappa shape index (κ2) is 37.8. The maximum absolute atomic E-state index is 14.8. The first-order valence-corrected chi connectivity index (χ1v) is 33.9. The summed E-state index contributed by atoms with van der Waals surface area (Å²) in [5.41, 5.74) is 1.30. The molecule has 1 aliphatic carbocycles. The lowest BCUT2D eigenvalue weighted by molar-refractivity contribution is -0.148. The lowest BCUT2D eigenvalue weighted by Crippen LogP contribution is -2.60. The summed E-state index contributed by atoms with van der Waals surface area (Å²) in [4.78, 5) is 127. The smallest absolute Gasteiger partial charge is 0.306 e. The van der Waals surface area contributed by atoms with Crippen molar-refractivity contribution in [1.29, 1.82) is 0 Å². The number of hydrogen-bond acceptors (Lipinski definition) is 17. The molecular weight excluding hydrogens is 1200 g/mol. The quantitative estimate of drug-likeness (QED) is 0.0401. The van der Waals surface area contributed by atoms with E-state index in [1.165, 1.54) is 14.2 Å². The van der Waals surface area contributed by atoms with Crippen LogP contribution in [-0.2, 0) is 83.5 Å². The van der Waals surface area contributed by atoms with Crippen LogP contribution in [-0.4, -0.2) is 221 Å². The molecule has 2 saturated heterocycles. The highest BCUT2D eigenvalue weighted by Gasteiger charge is 2.45. The summed E-state index contributed by atoms with van der Waals surface area (Å²) >= 11 is 0. The van der Waals surface area contributed by atoms with E-state index < -0.39 is 99.3 Å². The molecule has 3 aliphatic rings. The van der Waals surface area contributed by atoms with Crippen molar-refractivity contribution < 1.29 is 80.4 Å². The number of piperidine rings is 1. The second-order valence-electron chi connectivity index (χ2n) is 25.8. The SMILES string of the molecule is CCC(C)C(C(CC(=O)N1CCCC1C(OC)C(C)C(=O)NC(CC(C)C)C(=O)NS(=O)(=O)C1CC1)OC)N(C)C(=O)C(NC(=O)C(C(C)C)N(C)COCc1ccc(NC(=O)C(C)NC(=O)CCOCCOCCC(=O)N2CCC(C(=O)O)CC2)cc1)C(C)C. The highest BCUT2D eigenvalue weighted by molar-refractivity contribution is 7.90. The van der Waals surface area contributed by atoms with Crippen LogP contribution in [0.5, 0.6) is 0 Å². The van der Waals surface area contributed by atoms with E-state index in [4.69, 9.17) is 28.8 Å². The summed E-state index contributed by atoms with van der Waals surface area (Å²) in [6.45, 7) is 20.7. The summed E-state index contributed by atoms with van der Waals surface area (Å²) < 4.78 is 56.6. The number of carboxylic acid groups (broad SMARTS) is 1. The number of carboxylic acids is 1. The van der Waals surface area contributed by atoms with Gasteiger partial charge in [-0.2, -0.15) is 0 Å². The van der Waals surface area contributed by atoms with Gasteiger partial charge in [0, 0.05) is 53.0 Å². The van der Waals surface area contributed by atoms with E-state index >= 15 is 0 Å². The van der Waals surface area contributed by atoms with E-state index in [9.17, 15) is 51.6 Å². The van der Waals surface area contributed by atoms with Crippen molar-refractivity contribution in [3.05, 3.63) is 29.8 Å². The Morgan fingerprint density at radius 2 is 1.33 bits per heavy atom. The molecule has 2 heterocycles. The number of methoxy groups -OCH3 is 2. The van der Waals surface area contributed by atoms with Gasteiger partial charge < -0.3 is 64.8 Å². The molecule has 8 amide bonds. The van der Waals surface area contributed by atoms with Crippen molar-refractivity contribution in [2.75, 3.05) is 86.4 Å². The predicted octanol–water partition coefficient (Wildman–Crippen LogP) is 3.90. The van der Waals surface area contributed by atoms with Crippen LogP contribution < -0.4 is 26.0 Å². The zero-order valence-electron chi connectivity index (χ0n) is 56.3. The van der Waals surface area contributed by atoms with Gasteiger partial charge in [-0.15, -0.1) is 0 Å². The average Bonchev–Trinajstić information content (AvgIpc) is 1.93. The minimum Gasteiger partial charge on any atom is -0.481 e. The topological polar surface area (TPSA) is 327 Å². The maximum Gasteiger partial charge on any atom is 0.306 e. The Balaban J connectivity index is 1.26. The summed E-state index contributed by atoms with van der Waals surface area (Å²) in [5, 5.41) is 19.8. The highest BCUT2D eigenvalue weighted by Crippen LogP contribution is 2.31. The summed E-state index contributed by atoms with van der Waals surface area (Å²) in [5.74, 6) is -5.98. The Morgan fingerprint density at radius 1 is 0.703 bits per heavy atom. The van der Waals surface area contributed by atoms with E-state index in [0.717, 1.165) is 5.56 Å². The van der Waals surface area contributed by atoms with Crippen LogP contribution in [0.25, 0.3) is 0 Å². The van der Waals surface area contributed by atoms with Crippen LogP contribution >= 0.6 is 0 Å². The number of likely N-dealkylation sites (N-methyl/N-ethyl adjacent to an activating group) is 2. The molecule has 2 aliphatic heterocycles. The third-order valence-corrected chi connectivity index (χ3v) is 19.3. The van der Waals surface area contributed by atoms with Crippen molar-refractivity contribution in [3.8, 4) is 0 Å². The summed E-state index contributed by atoms with van der Waals surface area (Å²) in [7, 11) is 2.55. The molecule has 0 aromatic heterocycles. The number of amides is 8. The van der Waals surface area contributed by atoms with Gasteiger partial charge in [0.2, 0.25) is 51.4 Å². The van der Waals surface area contributed by atoms with Gasteiger partial charge in [0.25, 0.3) is 5.91 Å². The van der Waals surface area contributed by atoms with Crippen molar-refractivity contribution in [2.45, 2.75) is 200 Å². The summed E-state index contributed by atoms with van der Waals surface area (Å²) in [6.07, 6.45) is 2.41. The first-order valence-electron chi connectivity index (χ1n) is 32.4. The van der Waals surface area contributed by atoms with E-state index in [2.05, 4.69) is 26.0 Å². The molecule has 0 radical (unpaired) electrons. The first-order chi connectivity index (χ1) is 43.0. The lowest BCUT2D eigenvalue weighted by Gasteiger charge is -2.41. The first kappa shape index (κ1) is 77.6. The fourth-order valence-corrected chi connectivity index (χ4v) is 13.2. The number of benzene rings is 1. The molecule has 0 spiro atoms. The van der Waals surface area contributed by atoms with Gasteiger partial charge in [0.15, 0.2) is 0 Å². The van der Waals surface area contributed by atoms with Crippen molar-refractivity contribution in [2.24, 2.45) is 35.5 Å². The van der Waals surface area contributed by atoms with Crippen LogP contribution in [0.3, 0.4) is 0 Å². The molecule has 91 heavy (non-hydrogen) atoms. The van der Waals surface area contributed by atoms with E-state index in [-0.39, 0.29) is 119 Å². The van der Waals surface area contributed by atoms with Crippen LogP contribution in [0.2, 0.25) is 0 Å². The molecule has 10 atom stereocenters. The number of sulfonamides is 1. The number of carbonyl (C=O) groups is 9. The number of ether oxygens (including phenoxy) is 5. The predicted molar refractivity (Wildman–Crippen MR) is 341 cm³/mol. The number of rotatable bonds is 40. The third kappa shape index (κ3) is 24.2. The number of hydrogen-bond donors (Lipinski definition) is 6. The molecule has 1 aromatic rings. The van der Waals surface area contributed by atoms with Gasteiger partial charge in [-0.05, 0) is 100 Å². The molecule has 1 aromatic carbocycles. The second-order valence-corrected chi connectivity index (χ2v) is 27.8. The molecule has 26 nitrogen and oxygen atoms in total. The number of carbonyl (C=O) groups excluding carboxylic acids is 8. The molecule has 3 fully saturated rings. The minimum atomic E-state index is -3.85. The van der Waals surface area contributed by atoms with Crippen LogP contribution in [0.4, 0.5) is 5.69 Å². The molecule has 0 bridgehead atoms. The van der Waals surface area contributed by atoms with Crippen LogP contribution in [0.1, 0.15) is 145 Å². The van der Waals surface area contributed by atoms with Crippen LogP contribution in [0, 0.1) is 35.5 Å². The molecule has 4 rings (SSSR count). The highest BCUT2D eigenvalue weighted by atomic mass is 32.2. The Hall–Kier alpha value is -5.84. The number of anilines is 1. The van der Waals surface area contributed by atoms with Crippen molar-refractivity contribution in [1.82, 2.24) is 40.3 Å². The van der Waals surface area contributed by atoms with Gasteiger partial charge in [-0.1, -0.05) is 80.9 Å². The van der Waals surface area contributed by atoms with Gasteiger partial charge >= 0.3 is 5.97 Å².